The Morgan fingerprint density at radius 2 is 2.27 bits per heavy atom. The molecular formula is C11H21N3O. The molecule has 1 aromatic rings. The van der Waals surface area contributed by atoms with Crippen LogP contribution in [0.1, 0.15) is 32.0 Å². The van der Waals surface area contributed by atoms with Gasteiger partial charge in [-0.3, -0.25) is 0 Å². The van der Waals surface area contributed by atoms with Crippen LogP contribution in [0.5, 0.6) is 0 Å². The number of hydrogen-bond donors (Lipinski definition) is 2. The van der Waals surface area contributed by atoms with Crippen molar-refractivity contribution in [2.45, 2.75) is 39.3 Å². The van der Waals surface area contributed by atoms with Crippen LogP contribution in [0.4, 0.5) is 0 Å². The van der Waals surface area contributed by atoms with Crippen molar-refractivity contribution in [2.75, 3.05) is 13.2 Å². The normalized spacial score (nSPS) is 10.8. The summed E-state index contributed by atoms with van der Waals surface area (Å²) in [4.78, 5) is 4.28. The molecule has 0 amide bonds. The number of rotatable bonds is 8. The van der Waals surface area contributed by atoms with Crippen LogP contribution in [0.2, 0.25) is 0 Å². The molecule has 1 rings (SSSR count). The van der Waals surface area contributed by atoms with E-state index in [4.69, 9.17) is 5.11 Å². The Hall–Kier alpha value is -0.870. The van der Waals surface area contributed by atoms with Gasteiger partial charge in [0.1, 0.15) is 5.82 Å². The summed E-state index contributed by atoms with van der Waals surface area (Å²) in [5.41, 5.74) is 0. The average Bonchev–Trinajstić information content (AvgIpc) is 2.70. The van der Waals surface area contributed by atoms with E-state index in [0.717, 1.165) is 44.7 Å². The van der Waals surface area contributed by atoms with Crippen LogP contribution in [-0.2, 0) is 13.1 Å². The molecule has 0 atom stereocenters. The first-order valence-corrected chi connectivity index (χ1v) is 5.70. The van der Waals surface area contributed by atoms with E-state index in [1.165, 1.54) is 0 Å². The lowest BCUT2D eigenvalue weighted by atomic mass is 10.2. The monoisotopic (exact) mass is 211 g/mol. The molecule has 1 heterocycles. The lowest BCUT2D eigenvalue weighted by Crippen LogP contribution is -2.18. The van der Waals surface area contributed by atoms with E-state index in [9.17, 15) is 0 Å². The maximum absolute atomic E-state index is 8.61. The van der Waals surface area contributed by atoms with Crippen LogP contribution >= 0.6 is 0 Å². The number of unbranched alkanes of at least 4 members (excludes halogenated alkanes) is 2. The van der Waals surface area contributed by atoms with E-state index < -0.39 is 0 Å². The molecule has 0 unspecified atom stereocenters. The van der Waals surface area contributed by atoms with Gasteiger partial charge in [0.25, 0.3) is 0 Å². The van der Waals surface area contributed by atoms with E-state index in [0.29, 0.717) is 6.61 Å². The van der Waals surface area contributed by atoms with Gasteiger partial charge < -0.3 is 15.0 Å². The van der Waals surface area contributed by atoms with Gasteiger partial charge >= 0.3 is 0 Å². The molecular weight excluding hydrogens is 190 g/mol. The lowest BCUT2D eigenvalue weighted by Gasteiger charge is -2.06. The van der Waals surface area contributed by atoms with Gasteiger partial charge in [0.15, 0.2) is 0 Å². The van der Waals surface area contributed by atoms with Crippen molar-refractivity contribution < 1.29 is 5.11 Å². The number of nitrogens with one attached hydrogen (secondary N) is 1. The van der Waals surface area contributed by atoms with Crippen molar-refractivity contribution >= 4 is 0 Å². The Bertz CT molecular complexity index is 260. The van der Waals surface area contributed by atoms with Gasteiger partial charge in [-0.15, -0.1) is 0 Å². The zero-order chi connectivity index (χ0) is 10.9. The van der Waals surface area contributed by atoms with E-state index in [1.807, 2.05) is 12.4 Å². The highest BCUT2D eigenvalue weighted by Crippen LogP contribution is 1.97. The zero-order valence-corrected chi connectivity index (χ0v) is 9.45. The molecule has 1 aromatic heterocycles. The first-order chi connectivity index (χ1) is 7.38. The minimum absolute atomic E-state index is 0.306. The second kappa shape index (κ2) is 7.43. The molecule has 0 saturated heterocycles. The summed E-state index contributed by atoms with van der Waals surface area (Å²) >= 11 is 0. The Morgan fingerprint density at radius 1 is 1.40 bits per heavy atom. The summed E-state index contributed by atoms with van der Waals surface area (Å²) in [6, 6.07) is 0. The topological polar surface area (TPSA) is 50.1 Å². The summed E-state index contributed by atoms with van der Waals surface area (Å²) < 4.78 is 2.14. The van der Waals surface area contributed by atoms with E-state index in [2.05, 4.69) is 21.8 Å². The number of nitrogens with zero attached hydrogens (tertiary/aromatic N) is 2. The molecule has 15 heavy (non-hydrogen) atoms. The third-order valence-corrected chi connectivity index (χ3v) is 2.44. The fourth-order valence-electron chi connectivity index (χ4n) is 1.53. The lowest BCUT2D eigenvalue weighted by molar-refractivity contribution is 0.283. The van der Waals surface area contributed by atoms with Crippen LogP contribution in [0.15, 0.2) is 12.4 Å². The van der Waals surface area contributed by atoms with Crippen molar-refractivity contribution in [2.24, 2.45) is 0 Å². The summed E-state index contributed by atoms with van der Waals surface area (Å²) in [5.74, 6) is 1.10. The predicted molar refractivity (Wildman–Crippen MR) is 60.5 cm³/mol. The SMILES string of the molecule is CCn1ccnc1CNCCCCCO. The molecule has 0 aliphatic heterocycles. The van der Waals surface area contributed by atoms with E-state index in [1.54, 1.807) is 0 Å². The average molecular weight is 211 g/mol. The van der Waals surface area contributed by atoms with E-state index >= 15 is 0 Å². The minimum atomic E-state index is 0.306. The Labute approximate surface area is 91.3 Å². The zero-order valence-electron chi connectivity index (χ0n) is 9.45. The van der Waals surface area contributed by atoms with Crippen LogP contribution in [0, 0.1) is 0 Å². The van der Waals surface area contributed by atoms with E-state index in [-0.39, 0.29) is 0 Å². The van der Waals surface area contributed by atoms with Crippen LogP contribution in [0.25, 0.3) is 0 Å². The van der Waals surface area contributed by atoms with Crippen molar-refractivity contribution in [3.63, 3.8) is 0 Å². The minimum Gasteiger partial charge on any atom is -0.396 e. The highest BCUT2D eigenvalue weighted by Gasteiger charge is 1.99. The maximum Gasteiger partial charge on any atom is 0.122 e. The molecule has 0 saturated carbocycles. The van der Waals surface area contributed by atoms with Crippen molar-refractivity contribution in [1.82, 2.24) is 14.9 Å². The molecule has 0 aliphatic carbocycles. The van der Waals surface area contributed by atoms with Gasteiger partial charge in [0.05, 0.1) is 6.54 Å². The molecule has 0 aliphatic rings. The van der Waals surface area contributed by atoms with Crippen LogP contribution in [0.3, 0.4) is 0 Å². The molecule has 0 fully saturated rings. The van der Waals surface area contributed by atoms with Crippen molar-refractivity contribution in [3.05, 3.63) is 18.2 Å². The Balaban J connectivity index is 2.09. The number of imidazole rings is 1. The summed E-state index contributed by atoms with van der Waals surface area (Å²) in [6.07, 6.45) is 6.96. The summed E-state index contributed by atoms with van der Waals surface area (Å²) in [6.45, 7) is 5.23. The van der Waals surface area contributed by atoms with Gasteiger partial charge in [-0.25, -0.2) is 4.98 Å². The maximum atomic E-state index is 8.61. The van der Waals surface area contributed by atoms with Crippen LogP contribution in [-0.4, -0.2) is 27.8 Å². The Kier molecular flexibility index (Phi) is 6.04. The molecule has 0 bridgehead atoms. The number of aliphatic hydroxyl groups excluding tert-OH is 1. The van der Waals surface area contributed by atoms with Gasteiger partial charge in [-0.05, 0) is 32.7 Å². The summed E-state index contributed by atoms with van der Waals surface area (Å²) in [7, 11) is 0. The molecule has 86 valence electrons. The standard InChI is InChI=1S/C11H21N3O/c1-2-14-8-7-13-11(14)10-12-6-4-3-5-9-15/h7-8,12,15H,2-6,9-10H2,1H3. The van der Waals surface area contributed by atoms with Gasteiger partial charge in [-0.1, -0.05) is 0 Å². The number of aromatic nitrogens is 2. The largest absolute Gasteiger partial charge is 0.396 e. The highest BCUT2D eigenvalue weighted by atomic mass is 16.2. The number of hydrogen-bond acceptors (Lipinski definition) is 3. The fraction of sp³-hybridized carbons (Fsp3) is 0.727. The van der Waals surface area contributed by atoms with Gasteiger partial charge in [-0.2, -0.15) is 0 Å². The smallest absolute Gasteiger partial charge is 0.122 e. The molecule has 4 heteroatoms. The Morgan fingerprint density at radius 3 is 3.00 bits per heavy atom. The first kappa shape index (κ1) is 12.2. The molecule has 0 aromatic carbocycles. The molecule has 2 N–H and O–H groups in total. The van der Waals surface area contributed by atoms with Crippen molar-refractivity contribution in [1.29, 1.82) is 0 Å². The third-order valence-electron chi connectivity index (χ3n) is 2.44. The van der Waals surface area contributed by atoms with Gasteiger partial charge in [0.2, 0.25) is 0 Å². The highest BCUT2D eigenvalue weighted by molar-refractivity contribution is 4.91. The quantitative estimate of drug-likeness (QED) is 0.634. The van der Waals surface area contributed by atoms with Crippen molar-refractivity contribution in [3.8, 4) is 0 Å². The molecule has 0 spiro atoms. The second-order valence-corrected chi connectivity index (χ2v) is 3.59. The number of aliphatic hydroxyl groups is 1. The van der Waals surface area contributed by atoms with Gasteiger partial charge in [0, 0.05) is 25.5 Å². The predicted octanol–water partition coefficient (Wildman–Crippen LogP) is 1.16. The van der Waals surface area contributed by atoms with Crippen LogP contribution < -0.4 is 5.32 Å². The second-order valence-electron chi connectivity index (χ2n) is 3.59. The number of aryl methyl sites for hydroxylation is 1. The fourth-order valence-corrected chi connectivity index (χ4v) is 1.53. The third kappa shape index (κ3) is 4.44. The summed E-state index contributed by atoms with van der Waals surface area (Å²) in [5, 5.41) is 12.0. The molecule has 0 radical (unpaired) electrons. The first-order valence-electron chi connectivity index (χ1n) is 5.70. The molecule has 4 nitrogen and oxygen atoms in total.